The molecule has 0 saturated heterocycles. The van der Waals surface area contributed by atoms with E-state index < -0.39 is 29.7 Å². The normalized spacial score (nSPS) is 14.4. The Morgan fingerprint density at radius 3 is 2.42 bits per heavy atom. The van der Waals surface area contributed by atoms with Crippen molar-refractivity contribution >= 4 is 18.4 Å². The van der Waals surface area contributed by atoms with Crippen LogP contribution >= 0.6 is 12.4 Å². The van der Waals surface area contributed by atoms with Gasteiger partial charge in [0.1, 0.15) is 0 Å². The van der Waals surface area contributed by atoms with Crippen molar-refractivity contribution in [2.45, 2.75) is 31.5 Å². The molecule has 0 spiro atoms. The van der Waals surface area contributed by atoms with Crippen molar-refractivity contribution < 1.29 is 23.1 Å². The lowest BCUT2D eigenvalue weighted by Crippen LogP contribution is -2.33. The first-order chi connectivity index (χ1) is 8.27. The number of alkyl halides is 3. The molecule has 0 heterocycles. The van der Waals surface area contributed by atoms with E-state index in [-0.39, 0.29) is 18.0 Å². The predicted octanol–water partition coefficient (Wildman–Crippen LogP) is 3.03. The van der Waals surface area contributed by atoms with Crippen molar-refractivity contribution in [2.75, 3.05) is 0 Å². The fourth-order valence-electron chi connectivity index (χ4n) is 1.72. The lowest BCUT2D eigenvalue weighted by molar-refractivity contribution is -0.140. The molecule has 0 radical (unpaired) electrons. The molecular formula is C12H15ClF3NO2. The molecule has 0 amide bonds. The summed E-state index contributed by atoms with van der Waals surface area (Å²) < 4.78 is 37.6. The summed E-state index contributed by atoms with van der Waals surface area (Å²) in [6, 6.07) is 3.57. The van der Waals surface area contributed by atoms with Gasteiger partial charge in [-0.2, -0.15) is 13.2 Å². The van der Waals surface area contributed by atoms with Gasteiger partial charge in [-0.15, -0.1) is 12.4 Å². The average Bonchev–Trinajstić information content (AvgIpc) is 2.27. The molecule has 3 nitrogen and oxygen atoms in total. The second-order valence-corrected chi connectivity index (χ2v) is 4.01. The van der Waals surface area contributed by atoms with Crippen LogP contribution in [-0.4, -0.2) is 17.1 Å². The Morgan fingerprint density at radius 1 is 1.42 bits per heavy atom. The molecule has 108 valence electrons. The summed E-state index contributed by atoms with van der Waals surface area (Å²) in [7, 11) is 0. The maximum absolute atomic E-state index is 12.5. The van der Waals surface area contributed by atoms with Crippen molar-refractivity contribution in [3.63, 3.8) is 0 Å². The van der Waals surface area contributed by atoms with Crippen LogP contribution in [0.15, 0.2) is 24.3 Å². The Hall–Kier alpha value is -1.27. The van der Waals surface area contributed by atoms with Crippen molar-refractivity contribution in [2.24, 2.45) is 5.73 Å². The lowest BCUT2D eigenvalue weighted by Gasteiger charge is -2.20. The first kappa shape index (κ1) is 17.7. The lowest BCUT2D eigenvalue weighted by atomic mass is 9.89. The molecule has 7 heteroatoms. The van der Waals surface area contributed by atoms with Crippen LogP contribution in [0.2, 0.25) is 0 Å². The molecule has 0 saturated carbocycles. The molecular weight excluding hydrogens is 283 g/mol. The summed E-state index contributed by atoms with van der Waals surface area (Å²) >= 11 is 0. The van der Waals surface area contributed by atoms with Gasteiger partial charge in [0, 0.05) is 6.04 Å². The zero-order chi connectivity index (χ0) is 13.9. The van der Waals surface area contributed by atoms with E-state index in [9.17, 15) is 18.0 Å². The number of aliphatic carboxylic acids is 1. The second kappa shape index (κ2) is 6.77. The zero-order valence-corrected chi connectivity index (χ0v) is 11.0. The zero-order valence-electron chi connectivity index (χ0n) is 10.1. The van der Waals surface area contributed by atoms with Crippen LogP contribution in [-0.2, 0) is 11.0 Å². The number of benzene rings is 1. The van der Waals surface area contributed by atoms with Gasteiger partial charge in [-0.1, -0.05) is 25.1 Å². The van der Waals surface area contributed by atoms with E-state index >= 15 is 0 Å². The van der Waals surface area contributed by atoms with Crippen LogP contribution in [0, 0.1) is 0 Å². The smallest absolute Gasteiger partial charge is 0.416 e. The minimum atomic E-state index is -4.49. The van der Waals surface area contributed by atoms with Gasteiger partial charge in [0.05, 0.1) is 11.5 Å². The number of nitrogens with two attached hydrogens (primary N) is 1. The molecule has 0 fully saturated rings. The van der Waals surface area contributed by atoms with Crippen molar-refractivity contribution in [3.8, 4) is 0 Å². The number of carbonyl (C=O) groups is 1. The van der Waals surface area contributed by atoms with Crippen molar-refractivity contribution in [1.82, 2.24) is 0 Å². The molecule has 1 aromatic carbocycles. The van der Waals surface area contributed by atoms with E-state index in [2.05, 4.69) is 0 Å². The summed E-state index contributed by atoms with van der Waals surface area (Å²) in [5.41, 5.74) is 4.86. The molecule has 0 aliphatic heterocycles. The molecule has 19 heavy (non-hydrogen) atoms. The molecule has 0 bridgehead atoms. The van der Waals surface area contributed by atoms with E-state index in [0.29, 0.717) is 6.42 Å². The third-order valence-corrected chi connectivity index (χ3v) is 2.74. The van der Waals surface area contributed by atoms with E-state index in [1.54, 1.807) is 6.92 Å². The maximum atomic E-state index is 12.5. The minimum absolute atomic E-state index is 0. The Kier molecular flexibility index (Phi) is 6.32. The predicted molar refractivity (Wildman–Crippen MR) is 67.3 cm³/mol. The van der Waals surface area contributed by atoms with Gasteiger partial charge >= 0.3 is 12.1 Å². The van der Waals surface area contributed by atoms with Gasteiger partial charge < -0.3 is 10.8 Å². The van der Waals surface area contributed by atoms with Gasteiger partial charge in [0.25, 0.3) is 0 Å². The van der Waals surface area contributed by atoms with Gasteiger partial charge in [0.15, 0.2) is 0 Å². The van der Waals surface area contributed by atoms with Crippen LogP contribution in [0.5, 0.6) is 0 Å². The fourth-order valence-corrected chi connectivity index (χ4v) is 1.72. The standard InChI is InChI=1S/C12H14F3NO2.ClH/c1-2-9(16)10(11(17)18)7-4-3-5-8(6-7)12(13,14)15;/h3-6,9-10H,2,16H2,1H3,(H,17,18);1H. The molecule has 2 unspecified atom stereocenters. The third kappa shape index (κ3) is 4.40. The summed E-state index contributed by atoms with van der Waals surface area (Å²) in [6.45, 7) is 1.69. The van der Waals surface area contributed by atoms with Gasteiger partial charge in [-0.3, -0.25) is 4.79 Å². The van der Waals surface area contributed by atoms with Crippen LogP contribution in [0.25, 0.3) is 0 Å². The number of carboxylic acid groups (broad SMARTS) is 1. The van der Waals surface area contributed by atoms with E-state index in [1.807, 2.05) is 0 Å². The van der Waals surface area contributed by atoms with Gasteiger partial charge in [0.2, 0.25) is 0 Å². The molecule has 1 rings (SSSR count). The van der Waals surface area contributed by atoms with Gasteiger partial charge in [-0.25, -0.2) is 0 Å². The van der Waals surface area contributed by atoms with Crippen LogP contribution < -0.4 is 5.73 Å². The SMILES string of the molecule is CCC(N)C(C(=O)O)c1cccc(C(F)(F)F)c1.Cl. The highest BCUT2D eigenvalue weighted by atomic mass is 35.5. The Morgan fingerprint density at radius 2 is 2.00 bits per heavy atom. The minimum Gasteiger partial charge on any atom is -0.481 e. The van der Waals surface area contributed by atoms with Crippen molar-refractivity contribution in [3.05, 3.63) is 35.4 Å². The summed E-state index contributed by atoms with van der Waals surface area (Å²) in [5, 5.41) is 9.06. The molecule has 0 aliphatic rings. The third-order valence-electron chi connectivity index (χ3n) is 2.74. The second-order valence-electron chi connectivity index (χ2n) is 4.01. The van der Waals surface area contributed by atoms with Gasteiger partial charge in [-0.05, 0) is 18.1 Å². The van der Waals surface area contributed by atoms with E-state index in [4.69, 9.17) is 10.8 Å². The topological polar surface area (TPSA) is 63.3 Å². The Labute approximate surface area is 115 Å². The highest BCUT2D eigenvalue weighted by Crippen LogP contribution is 2.32. The van der Waals surface area contributed by atoms with Crippen LogP contribution in [0.3, 0.4) is 0 Å². The Bertz CT molecular complexity index is 437. The maximum Gasteiger partial charge on any atom is 0.416 e. The number of hydrogen-bond donors (Lipinski definition) is 2. The summed E-state index contributed by atoms with van der Waals surface area (Å²) in [4.78, 5) is 11.1. The summed E-state index contributed by atoms with van der Waals surface area (Å²) in [6.07, 6.45) is -4.12. The monoisotopic (exact) mass is 297 g/mol. The Balaban J connectivity index is 0.00000324. The van der Waals surface area contributed by atoms with E-state index in [0.717, 1.165) is 12.1 Å². The number of hydrogen-bond acceptors (Lipinski definition) is 2. The first-order valence-corrected chi connectivity index (χ1v) is 5.43. The molecule has 1 aromatic rings. The van der Waals surface area contributed by atoms with Crippen LogP contribution in [0.1, 0.15) is 30.4 Å². The largest absolute Gasteiger partial charge is 0.481 e. The van der Waals surface area contributed by atoms with E-state index in [1.165, 1.54) is 12.1 Å². The number of rotatable bonds is 4. The quantitative estimate of drug-likeness (QED) is 0.898. The fraction of sp³-hybridized carbons (Fsp3) is 0.417. The average molecular weight is 298 g/mol. The first-order valence-electron chi connectivity index (χ1n) is 5.43. The molecule has 2 atom stereocenters. The number of carboxylic acids is 1. The number of halogens is 4. The van der Waals surface area contributed by atoms with Crippen LogP contribution in [0.4, 0.5) is 13.2 Å². The summed E-state index contributed by atoms with van der Waals surface area (Å²) in [5.74, 6) is -2.35. The molecule has 0 aromatic heterocycles. The highest BCUT2D eigenvalue weighted by Gasteiger charge is 2.33. The molecule has 3 N–H and O–H groups in total. The van der Waals surface area contributed by atoms with Crippen molar-refractivity contribution in [1.29, 1.82) is 0 Å². The highest BCUT2D eigenvalue weighted by molar-refractivity contribution is 5.85. The molecule has 0 aliphatic carbocycles.